The summed E-state index contributed by atoms with van der Waals surface area (Å²) in [5.41, 5.74) is 4.19. The number of rotatable bonds is 7. The molecule has 4 aromatic carbocycles. The summed E-state index contributed by atoms with van der Waals surface area (Å²) in [6.07, 6.45) is 1.70. The summed E-state index contributed by atoms with van der Waals surface area (Å²) in [6, 6.07) is 24.5. The van der Waals surface area contributed by atoms with Gasteiger partial charge in [0, 0.05) is 17.1 Å². The molecule has 35 heavy (non-hydrogen) atoms. The fourth-order valence-corrected chi connectivity index (χ4v) is 5.60. The van der Waals surface area contributed by atoms with Crippen LogP contribution in [0.2, 0.25) is 0 Å². The number of hydrogen-bond acceptors (Lipinski definition) is 5. The summed E-state index contributed by atoms with van der Waals surface area (Å²) in [7, 11) is -0.707. The number of ether oxygens (including phenoxy) is 1. The van der Waals surface area contributed by atoms with E-state index < -0.39 is 10.0 Å². The van der Waals surface area contributed by atoms with Crippen LogP contribution >= 0.6 is 0 Å². The van der Waals surface area contributed by atoms with E-state index in [0.717, 1.165) is 44.2 Å². The molecule has 0 aliphatic rings. The van der Waals surface area contributed by atoms with Crippen LogP contribution in [0.5, 0.6) is 5.75 Å². The second-order valence-electron chi connectivity index (χ2n) is 8.36. The largest absolute Gasteiger partial charge is 0.497 e. The van der Waals surface area contributed by atoms with E-state index in [1.54, 1.807) is 37.6 Å². The first kappa shape index (κ1) is 23.1. The Hall–Kier alpha value is -3.65. The van der Waals surface area contributed by atoms with E-state index in [1.165, 1.54) is 11.1 Å². The maximum Gasteiger partial charge on any atom is 0.268 e. The fourth-order valence-electron chi connectivity index (χ4n) is 4.24. The highest BCUT2D eigenvalue weighted by atomic mass is 32.2. The Morgan fingerprint density at radius 1 is 0.829 bits per heavy atom. The van der Waals surface area contributed by atoms with E-state index in [4.69, 9.17) is 14.5 Å². The van der Waals surface area contributed by atoms with Crippen LogP contribution in [0, 0.1) is 6.92 Å². The predicted molar refractivity (Wildman–Crippen MR) is 137 cm³/mol. The molecule has 0 saturated heterocycles. The highest BCUT2D eigenvalue weighted by Gasteiger charge is 2.22. The zero-order valence-electron chi connectivity index (χ0n) is 19.7. The molecule has 1 heterocycles. The third kappa shape index (κ3) is 4.30. The summed E-state index contributed by atoms with van der Waals surface area (Å²) in [6.45, 7) is 2.18. The lowest BCUT2D eigenvalue weighted by Crippen LogP contribution is -2.11. The van der Waals surface area contributed by atoms with E-state index in [2.05, 4.69) is 6.07 Å². The lowest BCUT2D eigenvalue weighted by atomic mass is 10.00. The molecule has 0 amide bonds. The molecule has 0 N–H and O–H groups in total. The van der Waals surface area contributed by atoms with E-state index in [-0.39, 0.29) is 11.5 Å². The topological polar surface area (TPSA) is 66.8 Å². The number of aryl methyl sites for hydroxylation is 1. The van der Waals surface area contributed by atoms with Crippen LogP contribution in [0.3, 0.4) is 0 Å². The molecule has 0 bridgehead atoms. The van der Waals surface area contributed by atoms with Gasteiger partial charge in [0.1, 0.15) is 12.4 Å². The van der Waals surface area contributed by atoms with Gasteiger partial charge in [0.15, 0.2) is 0 Å². The van der Waals surface area contributed by atoms with Gasteiger partial charge in [0.05, 0.1) is 24.6 Å². The normalized spacial score (nSPS) is 11.9. The molecule has 0 atom stereocenters. The molecule has 0 fully saturated rings. The SMILES string of the molecule is COOCc1ccc2c(c1)c(-c1ccc3cc(OC)ccc3c1)cn2S(=O)(=O)c1ccc(C)cc1. The molecule has 0 radical (unpaired) electrons. The van der Waals surface area contributed by atoms with Gasteiger partial charge in [-0.3, -0.25) is 0 Å². The van der Waals surface area contributed by atoms with Gasteiger partial charge in [-0.05, 0) is 71.3 Å². The minimum atomic E-state index is -3.81. The average Bonchev–Trinajstić information content (AvgIpc) is 3.27. The monoisotopic (exact) mass is 487 g/mol. The molecule has 178 valence electrons. The molecule has 0 aliphatic carbocycles. The van der Waals surface area contributed by atoms with Crippen molar-refractivity contribution in [2.45, 2.75) is 18.4 Å². The van der Waals surface area contributed by atoms with Gasteiger partial charge in [0.25, 0.3) is 10.0 Å². The van der Waals surface area contributed by atoms with Crippen molar-refractivity contribution in [3.63, 3.8) is 0 Å². The summed E-state index contributed by atoms with van der Waals surface area (Å²) in [5, 5.41) is 2.88. The minimum Gasteiger partial charge on any atom is -0.497 e. The number of hydrogen-bond donors (Lipinski definition) is 0. The van der Waals surface area contributed by atoms with Crippen molar-refractivity contribution in [3.05, 3.63) is 96.2 Å². The van der Waals surface area contributed by atoms with Gasteiger partial charge in [-0.1, -0.05) is 42.0 Å². The van der Waals surface area contributed by atoms with Crippen LogP contribution < -0.4 is 4.74 Å². The molecule has 0 saturated carbocycles. The van der Waals surface area contributed by atoms with Crippen molar-refractivity contribution in [2.75, 3.05) is 14.2 Å². The first-order valence-corrected chi connectivity index (χ1v) is 12.5. The zero-order valence-corrected chi connectivity index (χ0v) is 20.5. The molecule has 5 rings (SSSR count). The van der Waals surface area contributed by atoms with Crippen LogP contribution in [0.1, 0.15) is 11.1 Å². The summed E-state index contributed by atoms with van der Waals surface area (Å²) >= 11 is 0. The summed E-state index contributed by atoms with van der Waals surface area (Å²) in [5.74, 6) is 0.786. The number of benzene rings is 4. The molecule has 1 aromatic heterocycles. The van der Waals surface area contributed by atoms with Crippen molar-refractivity contribution in [1.82, 2.24) is 3.97 Å². The molecule has 7 heteroatoms. The van der Waals surface area contributed by atoms with E-state index in [1.807, 2.05) is 55.5 Å². The van der Waals surface area contributed by atoms with Gasteiger partial charge >= 0.3 is 0 Å². The predicted octanol–water partition coefficient (Wildman–Crippen LogP) is 6.09. The number of methoxy groups -OCH3 is 1. The highest BCUT2D eigenvalue weighted by Crippen LogP contribution is 2.36. The molecule has 0 unspecified atom stereocenters. The molecule has 6 nitrogen and oxygen atoms in total. The summed E-state index contributed by atoms with van der Waals surface area (Å²) < 4.78 is 34.0. The van der Waals surface area contributed by atoms with Gasteiger partial charge < -0.3 is 4.74 Å². The summed E-state index contributed by atoms with van der Waals surface area (Å²) in [4.78, 5) is 10.1. The van der Waals surface area contributed by atoms with E-state index in [0.29, 0.717) is 5.52 Å². The van der Waals surface area contributed by atoms with E-state index >= 15 is 0 Å². The Bertz CT molecular complexity index is 1640. The van der Waals surface area contributed by atoms with Crippen LogP contribution in [-0.2, 0) is 26.4 Å². The first-order chi connectivity index (χ1) is 16.9. The first-order valence-electron chi connectivity index (χ1n) is 11.1. The van der Waals surface area contributed by atoms with Crippen LogP contribution in [0.4, 0.5) is 0 Å². The molecule has 0 aliphatic heterocycles. The average molecular weight is 488 g/mol. The van der Waals surface area contributed by atoms with E-state index in [9.17, 15) is 8.42 Å². The van der Waals surface area contributed by atoms with Gasteiger partial charge in [-0.15, -0.1) is 0 Å². The number of fused-ring (bicyclic) bond motifs is 2. The second-order valence-corrected chi connectivity index (χ2v) is 10.2. The van der Waals surface area contributed by atoms with Crippen molar-refractivity contribution in [2.24, 2.45) is 0 Å². The van der Waals surface area contributed by atoms with Crippen LogP contribution in [-0.4, -0.2) is 26.6 Å². The van der Waals surface area contributed by atoms with Gasteiger partial charge in [0.2, 0.25) is 0 Å². The second kappa shape index (κ2) is 9.19. The Balaban J connectivity index is 1.72. The Morgan fingerprint density at radius 2 is 1.57 bits per heavy atom. The van der Waals surface area contributed by atoms with Gasteiger partial charge in [-0.25, -0.2) is 22.2 Å². The van der Waals surface area contributed by atoms with Crippen molar-refractivity contribution in [1.29, 1.82) is 0 Å². The maximum atomic E-state index is 13.6. The molecule has 5 aromatic rings. The molecular weight excluding hydrogens is 462 g/mol. The molecular formula is C28H25NO5S. The Labute approximate surface area is 204 Å². The number of nitrogens with zero attached hydrogens (tertiary/aromatic N) is 1. The van der Waals surface area contributed by atoms with Crippen LogP contribution in [0.25, 0.3) is 32.8 Å². The quantitative estimate of drug-likeness (QED) is 0.205. The fraction of sp³-hybridized carbons (Fsp3) is 0.143. The Kier molecular flexibility index (Phi) is 6.06. The third-order valence-electron chi connectivity index (χ3n) is 6.11. The van der Waals surface area contributed by atoms with Crippen molar-refractivity contribution < 1.29 is 22.9 Å². The van der Waals surface area contributed by atoms with Crippen molar-refractivity contribution in [3.8, 4) is 16.9 Å². The highest BCUT2D eigenvalue weighted by molar-refractivity contribution is 7.90. The third-order valence-corrected chi connectivity index (χ3v) is 7.80. The lowest BCUT2D eigenvalue weighted by molar-refractivity contribution is -0.282. The zero-order chi connectivity index (χ0) is 24.6. The smallest absolute Gasteiger partial charge is 0.268 e. The minimum absolute atomic E-state index is 0.240. The standard InChI is InChI=1S/C28H25NO5S/c1-19-4-11-25(12-5-19)35(30,31)29-17-27(26-14-20(18-34-33-3)6-13-28(26)29)23-8-7-22-16-24(32-2)10-9-21(22)15-23/h4-17H,18H2,1-3H3. The maximum absolute atomic E-state index is 13.6. The molecule has 0 spiro atoms. The lowest BCUT2D eigenvalue weighted by Gasteiger charge is -2.08. The van der Waals surface area contributed by atoms with Gasteiger partial charge in [-0.2, -0.15) is 0 Å². The van der Waals surface area contributed by atoms with Crippen molar-refractivity contribution >= 4 is 31.7 Å². The van der Waals surface area contributed by atoms with Crippen LogP contribution in [0.15, 0.2) is 90.0 Å². The number of aromatic nitrogens is 1. The Morgan fingerprint density at radius 3 is 2.31 bits per heavy atom.